The number of aryl methyl sites for hydroxylation is 2. The summed E-state index contributed by atoms with van der Waals surface area (Å²) in [5.74, 6) is -1.97. The fourth-order valence-corrected chi connectivity index (χ4v) is 3.71. The Kier molecular flexibility index (Phi) is 4.63. The predicted molar refractivity (Wildman–Crippen MR) is 81.0 cm³/mol. The van der Waals surface area contributed by atoms with Crippen molar-refractivity contribution in [2.45, 2.75) is 31.7 Å². The Hall–Kier alpha value is -1.79. The van der Waals surface area contributed by atoms with Gasteiger partial charge in [-0.1, -0.05) is 23.8 Å². The van der Waals surface area contributed by atoms with Gasteiger partial charge in [0.2, 0.25) is 10.0 Å². The van der Waals surface area contributed by atoms with Gasteiger partial charge in [-0.2, -0.15) is 0 Å². The molecule has 0 saturated carbocycles. The molecule has 1 N–H and O–H groups in total. The van der Waals surface area contributed by atoms with Crippen molar-refractivity contribution in [2.24, 2.45) is 0 Å². The molecule has 0 aliphatic carbocycles. The van der Waals surface area contributed by atoms with Crippen molar-refractivity contribution < 1.29 is 17.2 Å². The van der Waals surface area contributed by atoms with Crippen molar-refractivity contribution in [3.63, 3.8) is 0 Å². The Morgan fingerprint density at radius 3 is 2.27 bits per heavy atom. The molecule has 118 valence electrons. The summed E-state index contributed by atoms with van der Waals surface area (Å²) in [6.45, 7) is 5.16. The smallest absolute Gasteiger partial charge is 0.207 e. The van der Waals surface area contributed by atoms with E-state index in [-0.39, 0.29) is 4.90 Å². The summed E-state index contributed by atoms with van der Waals surface area (Å²) in [4.78, 5) is 0.174. The second kappa shape index (κ2) is 6.14. The maximum absolute atomic E-state index is 13.3. The van der Waals surface area contributed by atoms with Crippen LogP contribution >= 0.6 is 0 Å². The Morgan fingerprint density at radius 2 is 1.68 bits per heavy atom. The van der Waals surface area contributed by atoms with Gasteiger partial charge in [0.05, 0.1) is 4.90 Å². The van der Waals surface area contributed by atoms with E-state index >= 15 is 0 Å². The van der Waals surface area contributed by atoms with E-state index in [4.69, 9.17) is 0 Å². The van der Waals surface area contributed by atoms with E-state index in [2.05, 4.69) is 4.72 Å². The van der Waals surface area contributed by atoms with Crippen LogP contribution < -0.4 is 4.72 Å². The molecule has 0 heterocycles. The van der Waals surface area contributed by atoms with Crippen molar-refractivity contribution in [3.8, 4) is 0 Å². The van der Waals surface area contributed by atoms with Gasteiger partial charge in [0.1, 0.15) is 0 Å². The minimum atomic E-state index is -3.74. The van der Waals surface area contributed by atoms with E-state index in [1.165, 1.54) is 12.1 Å². The highest BCUT2D eigenvalue weighted by atomic mass is 32.2. The fraction of sp³-hybridized carbons (Fsp3) is 0.250. The van der Waals surface area contributed by atoms with Crippen LogP contribution in [0.25, 0.3) is 0 Å². The second-order valence-corrected chi connectivity index (χ2v) is 6.97. The van der Waals surface area contributed by atoms with Gasteiger partial charge < -0.3 is 0 Å². The third-order valence-corrected chi connectivity index (χ3v) is 5.10. The summed E-state index contributed by atoms with van der Waals surface area (Å²) in [6.07, 6.45) is 0. The quantitative estimate of drug-likeness (QED) is 0.933. The largest absolute Gasteiger partial charge is 0.241 e. The molecule has 0 saturated heterocycles. The molecule has 0 aliphatic rings. The highest BCUT2D eigenvalue weighted by Gasteiger charge is 2.21. The summed E-state index contributed by atoms with van der Waals surface area (Å²) in [5.41, 5.74) is 1.95. The number of sulfonamides is 1. The molecule has 6 heteroatoms. The first-order valence-corrected chi connectivity index (χ1v) is 8.23. The number of hydrogen-bond donors (Lipinski definition) is 1. The number of benzene rings is 2. The normalized spacial score (nSPS) is 13.1. The first kappa shape index (κ1) is 16.6. The van der Waals surface area contributed by atoms with Gasteiger partial charge in [0, 0.05) is 6.04 Å². The predicted octanol–water partition coefficient (Wildman–Crippen LogP) is 3.62. The zero-order valence-electron chi connectivity index (χ0n) is 12.5. The van der Waals surface area contributed by atoms with Crippen LogP contribution in [0.1, 0.15) is 29.7 Å². The van der Waals surface area contributed by atoms with Crippen LogP contribution in [0.5, 0.6) is 0 Å². The van der Waals surface area contributed by atoms with E-state index in [0.717, 1.165) is 17.7 Å². The zero-order valence-corrected chi connectivity index (χ0v) is 13.3. The lowest BCUT2D eigenvalue weighted by molar-refractivity contribution is 0.504. The zero-order chi connectivity index (χ0) is 16.5. The van der Waals surface area contributed by atoms with E-state index < -0.39 is 27.7 Å². The Balaban J connectivity index is 2.29. The number of rotatable bonds is 4. The molecule has 0 fully saturated rings. The van der Waals surface area contributed by atoms with Crippen molar-refractivity contribution in [3.05, 3.63) is 64.7 Å². The van der Waals surface area contributed by atoms with Gasteiger partial charge in [0.25, 0.3) is 0 Å². The lowest BCUT2D eigenvalue weighted by Crippen LogP contribution is -2.27. The van der Waals surface area contributed by atoms with Crippen LogP contribution in [0.2, 0.25) is 0 Å². The summed E-state index contributed by atoms with van der Waals surface area (Å²) in [6, 6.07) is 7.66. The molecule has 1 atom stereocenters. The molecule has 1 unspecified atom stereocenters. The van der Waals surface area contributed by atoms with Crippen LogP contribution in [0.4, 0.5) is 8.78 Å². The van der Waals surface area contributed by atoms with E-state index in [0.29, 0.717) is 11.1 Å². The first-order valence-electron chi connectivity index (χ1n) is 6.75. The monoisotopic (exact) mass is 325 g/mol. The summed E-state index contributed by atoms with van der Waals surface area (Å²) >= 11 is 0. The molecule has 0 aromatic heterocycles. The molecule has 2 aromatic carbocycles. The average molecular weight is 325 g/mol. The highest BCUT2D eigenvalue weighted by molar-refractivity contribution is 7.89. The van der Waals surface area contributed by atoms with E-state index in [1.807, 2.05) is 6.92 Å². The minimum absolute atomic E-state index is 0.174. The first-order chi connectivity index (χ1) is 10.2. The Bertz CT molecular complexity index is 804. The lowest BCUT2D eigenvalue weighted by Gasteiger charge is -2.16. The lowest BCUT2D eigenvalue weighted by atomic mass is 10.1. The van der Waals surface area contributed by atoms with Gasteiger partial charge >= 0.3 is 0 Å². The molecular formula is C16H17F2NO2S. The van der Waals surface area contributed by atoms with Crippen LogP contribution in [0, 0.1) is 25.5 Å². The van der Waals surface area contributed by atoms with Gasteiger partial charge in [-0.25, -0.2) is 21.9 Å². The van der Waals surface area contributed by atoms with Gasteiger partial charge in [-0.15, -0.1) is 0 Å². The molecule has 0 amide bonds. The summed E-state index contributed by atoms with van der Waals surface area (Å²) in [7, 11) is -3.74. The number of halogens is 2. The van der Waals surface area contributed by atoms with E-state index in [1.54, 1.807) is 26.0 Å². The van der Waals surface area contributed by atoms with E-state index in [9.17, 15) is 17.2 Å². The van der Waals surface area contributed by atoms with Crippen molar-refractivity contribution in [1.29, 1.82) is 0 Å². The molecule has 2 aromatic rings. The van der Waals surface area contributed by atoms with Crippen LogP contribution in [-0.2, 0) is 10.0 Å². The Labute approximate surface area is 129 Å². The molecule has 2 rings (SSSR count). The SMILES string of the molecule is Cc1ccc(S(=O)(=O)NC(C)c2ccc(F)c(F)c2)c(C)c1. The maximum atomic E-state index is 13.3. The van der Waals surface area contributed by atoms with Gasteiger partial charge in [-0.3, -0.25) is 0 Å². The summed E-state index contributed by atoms with van der Waals surface area (Å²) < 4.78 is 53.5. The van der Waals surface area contributed by atoms with Crippen molar-refractivity contribution >= 4 is 10.0 Å². The second-order valence-electron chi connectivity index (χ2n) is 5.29. The van der Waals surface area contributed by atoms with Gasteiger partial charge in [0.15, 0.2) is 11.6 Å². The molecular weight excluding hydrogens is 308 g/mol. The molecule has 3 nitrogen and oxygen atoms in total. The number of nitrogens with one attached hydrogen (secondary N) is 1. The number of hydrogen-bond acceptors (Lipinski definition) is 2. The Morgan fingerprint density at radius 1 is 1.00 bits per heavy atom. The molecule has 22 heavy (non-hydrogen) atoms. The average Bonchev–Trinajstić information content (AvgIpc) is 2.40. The van der Waals surface area contributed by atoms with Gasteiger partial charge in [-0.05, 0) is 50.1 Å². The van der Waals surface area contributed by atoms with Crippen LogP contribution in [-0.4, -0.2) is 8.42 Å². The minimum Gasteiger partial charge on any atom is -0.207 e. The molecule has 0 spiro atoms. The molecule has 0 radical (unpaired) electrons. The molecule has 0 aliphatic heterocycles. The van der Waals surface area contributed by atoms with Crippen LogP contribution in [0.15, 0.2) is 41.3 Å². The molecule has 0 bridgehead atoms. The fourth-order valence-electron chi connectivity index (χ4n) is 2.25. The van der Waals surface area contributed by atoms with Crippen molar-refractivity contribution in [1.82, 2.24) is 4.72 Å². The maximum Gasteiger partial charge on any atom is 0.241 e. The topological polar surface area (TPSA) is 46.2 Å². The summed E-state index contributed by atoms with van der Waals surface area (Å²) in [5, 5.41) is 0. The third kappa shape index (κ3) is 3.51. The highest BCUT2D eigenvalue weighted by Crippen LogP contribution is 2.21. The van der Waals surface area contributed by atoms with Crippen molar-refractivity contribution in [2.75, 3.05) is 0 Å². The standard InChI is InChI=1S/C16H17F2NO2S/c1-10-4-7-16(11(2)8-10)22(20,21)19-12(3)13-5-6-14(17)15(18)9-13/h4-9,12,19H,1-3H3. The van der Waals surface area contributed by atoms with Crippen LogP contribution in [0.3, 0.4) is 0 Å². The third-order valence-electron chi connectivity index (χ3n) is 3.40.